The van der Waals surface area contributed by atoms with Crippen LogP contribution in [0.25, 0.3) is 0 Å². The van der Waals surface area contributed by atoms with Crippen molar-refractivity contribution in [3.05, 3.63) is 64.1 Å². The molecular formula is C17H17BrO2. The minimum Gasteiger partial charge on any atom is -0.489 e. The summed E-state index contributed by atoms with van der Waals surface area (Å²) in [4.78, 5) is 0. The Bertz CT molecular complexity index is 597. The summed E-state index contributed by atoms with van der Waals surface area (Å²) in [5.41, 5.74) is 2.12. The topological polar surface area (TPSA) is 29.5 Å². The molecule has 0 radical (unpaired) electrons. The van der Waals surface area contributed by atoms with E-state index in [1.165, 1.54) is 5.56 Å². The number of aliphatic hydroxyl groups is 1. The van der Waals surface area contributed by atoms with Gasteiger partial charge in [-0.2, -0.15) is 0 Å². The summed E-state index contributed by atoms with van der Waals surface area (Å²) in [6.45, 7) is 2.15. The van der Waals surface area contributed by atoms with Crippen LogP contribution in [0.4, 0.5) is 0 Å². The molecule has 3 rings (SSSR count). The van der Waals surface area contributed by atoms with E-state index in [1.54, 1.807) is 0 Å². The van der Waals surface area contributed by atoms with E-state index in [2.05, 4.69) is 35.0 Å². The van der Waals surface area contributed by atoms with E-state index >= 15 is 0 Å². The van der Waals surface area contributed by atoms with Gasteiger partial charge in [0.25, 0.3) is 0 Å². The monoisotopic (exact) mass is 332 g/mol. The van der Waals surface area contributed by atoms with Crippen molar-refractivity contribution >= 4 is 15.9 Å². The van der Waals surface area contributed by atoms with Gasteiger partial charge in [0.2, 0.25) is 0 Å². The van der Waals surface area contributed by atoms with Crippen molar-refractivity contribution in [2.45, 2.75) is 31.5 Å². The standard InChI is InChI=1S/C17H17BrO2/c1-11(12-5-3-2-4-6-12)16-10-15(19)14-8-7-13(18)9-17(14)20-16/h2-9,11,15-16,19H,10H2,1H3/t11?,15-,16?/m0/s1. The molecule has 3 heteroatoms. The van der Waals surface area contributed by atoms with Crippen LogP contribution in [0.15, 0.2) is 53.0 Å². The zero-order valence-electron chi connectivity index (χ0n) is 11.3. The fraction of sp³-hybridized carbons (Fsp3) is 0.294. The Morgan fingerprint density at radius 3 is 2.70 bits per heavy atom. The fourth-order valence-electron chi connectivity index (χ4n) is 2.72. The Morgan fingerprint density at radius 1 is 1.20 bits per heavy atom. The minimum atomic E-state index is -0.456. The van der Waals surface area contributed by atoms with Gasteiger partial charge in [-0.3, -0.25) is 0 Å². The van der Waals surface area contributed by atoms with Crippen LogP contribution in [-0.4, -0.2) is 11.2 Å². The first-order chi connectivity index (χ1) is 9.65. The van der Waals surface area contributed by atoms with E-state index < -0.39 is 6.10 Å². The summed E-state index contributed by atoms with van der Waals surface area (Å²) >= 11 is 3.45. The normalized spacial score (nSPS) is 22.8. The third-order valence-electron chi connectivity index (χ3n) is 3.95. The number of hydrogen-bond acceptors (Lipinski definition) is 2. The maximum absolute atomic E-state index is 10.3. The number of hydrogen-bond donors (Lipinski definition) is 1. The molecule has 1 aliphatic heterocycles. The third-order valence-corrected chi connectivity index (χ3v) is 4.44. The van der Waals surface area contributed by atoms with Crippen LogP contribution in [0.2, 0.25) is 0 Å². The summed E-state index contributed by atoms with van der Waals surface area (Å²) in [7, 11) is 0. The smallest absolute Gasteiger partial charge is 0.126 e. The predicted octanol–water partition coefficient (Wildman–Crippen LogP) is 4.44. The number of ether oxygens (including phenoxy) is 1. The molecule has 104 valence electrons. The molecule has 1 N–H and O–H groups in total. The van der Waals surface area contributed by atoms with E-state index in [-0.39, 0.29) is 12.0 Å². The molecule has 1 aliphatic rings. The molecule has 2 nitrogen and oxygen atoms in total. The van der Waals surface area contributed by atoms with Crippen molar-refractivity contribution in [2.24, 2.45) is 0 Å². The number of halogens is 1. The second-order valence-electron chi connectivity index (χ2n) is 5.29. The van der Waals surface area contributed by atoms with Gasteiger partial charge in [-0.05, 0) is 17.7 Å². The average Bonchev–Trinajstić information content (AvgIpc) is 2.46. The molecule has 0 bridgehead atoms. The highest BCUT2D eigenvalue weighted by molar-refractivity contribution is 9.10. The van der Waals surface area contributed by atoms with E-state index in [0.29, 0.717) is 6.42 Å². The maximum atomic E-state index is 10.3. The molecule has 2 aromatic carbocycles. The summed E-state index contributed by atoms with van der Waals surface area (Å²) in [6.07, 6.45) is 0.169. The number of aliphatic hydroxyl groups excluding tert-OH is 1. The molecule has 2 unspecified atom stereocenters. The van der Waals surface area contributed by atoms with E-state index in [1.807, 2.05) is 36.4 Å². The number of fused-ring (bicyclic) bond motifs is 1. The van der Waals surface area contributed by atoms with E-state index in [9.17, 15) is 5.11 Å². The molecule has 3 atom stereocenters. The lowest BCUT2D eigenvalue weighted by molar-refractivity contribution is 0.0546. The van der Waals surface area contributed by atoms with Gasteiger partial charge in [0.1, 0.15) is 11.9 Å². The minimum absolute atomic E-state index is 0.00537. The van der Waals surface area contributed by atoms with Crippen molar-refractivity contribution in [3.63, 3.8) is 0 Å². The summed E-state index contributed by atoms with van der Waals surface area (Å²) in [5.74, 6) is 1.03. The molecule has 20 heavy (non-hydrogen) atoms. The van der Waals surface area contributed by atoms with Crippen LogP contribution in [0.5, 0.6) is 5.75 Å². The molecule has 0 amide bonds. The van der Waals surface area contributed by atoms with Crippen molar-refractivity contribution < 1.29 is 9.84 Å². The van der Waals surface area contributed by atoms with Crippen LogP contribution in [0.1, 0.15) is 36.5 Å². The Morgan fingerprint density at radius 2 is 1.95 bits per heavy atom. The summed E-state index contributed by atoms with van der Waals surface area (Å²) in [6, 6.07) is 16.1. The summed E-state index contributed by atoms with van der Waals surface area (Å²) < 4.78 is 7.08. The lowest BCUT2D eigenvalue weighted by Gasteiger charge is -2.33. The molecular weight excluding hydrogens is 316 g/mol. The predicted molar refractivity (Wildman–Crippen MR) is 83.0 cm³/mol. The van der Waals surface area contributed by atoms with Gasteiger partial charge >= 0.3 is 0 Å². The lowest BCUT2D eigenvalue weighted by atomic mass is 9.88. The number of benzene rings is 2. The van der Waals surface area contributed by atoms with E-state index in [4.69, 9.17) is 4.74 Å². The van der Waals surface area contributed by atoms with Gasteiger partial charge in [0.15, 0.2) is 0 Å². The van der Waals surface area contributed by atoms with E-state index in [0.717, 1.165) is 15.8 Å². The quantitative estimate of drug-likeness (QED) is 0.881. The van der Waals surface area contributed by atoms with Crippen LogP contribution in [0.3, 0.4) is 0 Å². The lowest BCUT2D eigenvalue weighted by Crippen LogP contribution is -2.30. The van der Waals surface area contributed by atoms with Gasteiger partial charge in [0, 0.05) is 22.4 Å². The first-order valence-corrected chi connectivity index (χ1v) is 7.63. The highest BCUT2D eigenvalue weighted by Gasteiger charge is 2.31. The highest BCUT2D eigenvalue weighted by Crippen LogP contribution is 2.40. The van der Waals surface area contributed by atoms with Crippen molar-refractivity contribution in [3.8, 4) is 5.75 Å². The van der Waals surface area contributed by atoms with Gasteiger partial charge in [-0.15, -0.1) is 0 Å². The van der Waals surface area contributed by atoms with Crippen LogP contribution in [-0.2, 0) is 0 Å². The second-order valence-corrected chi connectivity index (χ2v) is 6.20. The Kier molecular flexibility index (Phi) is 3.81. The van der Waals surface area contributed by atoms with Gasteiger partial charge in [-0.1, -0.05) is 59.3 Å². The summed E-state index contributed by atoms with van der Waals surface area (Å²) in [5, 5.41) is 10.3. The highest BCUT2D eigenvalue weighted by atomic mass is 79.9. The Balaban J connectivity index is 1.87. The van der Waals surface area contributed by atoms with Crippen molar-refractivity contribution in [1.29, 1.82) is 0 Å². The zero-order valence-corrected chi connectivity index (χ0v) is 12.9. The Hall–Kier alpha value is -1.32. The first-order valence-electron chi connectivity index (χ1n) is 6.84. The average molecular weight is 333 g/mol. The number of rotatable bonds is 2. The molecule has 0 spiro atoms. The van der Waals surface area contributed by atoms with Gasteiger partial charge in [0.05, 0.1) is 6.10 Å². The fourth-order valence-corrected chi connectivity index (χ4v) is 3.06. The SMILES string of the molecule is CC(c1ccccc1)C1C[C@H](O)c2ccc(Br)cc2O1. The Labute approximate surface area is 127 Å². The molecule has 0 saturated carbocycles. The van der Waals surface area contributed by atoms with Crippen molar-refractivity contribution in [1.82, 2.24) is 0 Å². The van der Waals surface area contributed by atoms with Crippen LogP contribution < -0.4 is 4.74 Å². The first kappa shape index (κ1) is 13.7. The molecule has 1 heterocycles. The molecule has 2 aromatic rings. The third kappa shape index (κ3) is 2.60. The molecule has 0 aromatic heterocycles. The van der Waals surface area contributed by atoms with Gasteiger partial charge < -0.3 is 9.84 Å². The molecule has 0 fully saturated rings. The molecule has 0 saturated heterocycles. The van der Waals surface area contributed by atoms with Crippen LogP contribution in [0, 0.1) is 0 Å². The second kappa shape index (κ2) is 5.58. The van der Waals surface area contributed by atoms with Crippen molar-refractivity contribution in [2.75, 3.05) is 0 Å². The zero-order chi connectivity index (χ0) is 14.1. The van der Waals surface area contributed by atoms with Gasteiger partial charge in [-0.25, -0.2) is 0 Å². The maximum Gasteiger partial charge on any atom is 0.126 e. The largest absolute Gasteiger partial charge is 0.489 e. The van der Waals surface area contributed by atoms with Crippen LogP contribution >= 0.6 is 15.9 Å². The molecule has 0 aliphatic carbocycles.